The van der Waals surface area contributed by atoms with Crippen molar-refractivity contribution in [2.24, 2.45) is 11.8 Å². The molecular formula is C15H18FNO3. The quantitative estimate of drug-likeness (QED) is 0.856. The van der Waals surface area contributed by atoms with E-state index in [1.807, 2.05) is 6.92 Å². The Hall–Kier alpha value is -1.75. The molecule has 1 heterocycles. The highest BCUT2D eigenvalue weighted by molar-refractivity contribution is 6.01. The highest BCUT2D eigenvalue weighted by Gasteiger charge is 2.40. The Bertz CT molecular complexity index is 518. The molecule has 0 saturated carbocycles. The third-order valence-electron chi connectivity index (χ3n) is 3.80. The molecule has 0 aromatic heterocycles. The van der Waals surface area contributed by atoms with Gasteiger partial charge in [0.05, 0.1) is 5.92 Å². The number of carbonyl (C=O) groups is 2. The normalized spacial score (nSPS) is 24.4. The van der Waals surface area contributed by atoms with E-state index in [2.05, 4.69) is 5.32 Å². The van der Waals surface area contributed by atoms with Crippen LogP contribution >= 0.6 is 0 Å². The molecule has 5 heteroatoms. The van der Waals surface area contributed by atoms with E-state index in [1.54, 1.807) is 25.3 Å². The first kappa shape index (κ1) is 14.7. The maximum absolute atomic E-state index is 14.0. The first-order chi connectivity index (χ1) is 9.54. The number of nitrogens with one attached hydrogen (secondary N) is 1. The lowest BCUT2D eigenvalue weighted by Gasteiger charge is -2.34. The highest BCUT2D eigenvalue weighted by atomic mass is 19.1. The second kappa shape index (κ2) is 6.13. The van der Waals surface area contributed by atoms with Crippen molar-refractivity contribution in [1.29, 1.82) is 0 Å². The highest BCUT2D eigenvalue weighted by Crippen LogP contribution is 2.36. The number of rotatable bonds is 4. The predicted molar refractivity (Wildman–Crippen MR) is 71.4 cm³/mol. The van der Waals surface area contributed by atoms with E-state index in [4.69, 9.17) is 4.74 Å². The van der Waals surface area contributed by atoms with Gasteiger partial charge in [0.1, 0.15) is 5.82 Å². The second-order valence-corrected chi connectivity index (χ2v) is 5.21. The van der Waals surface area contributed by atoms with Crippen LogP contribution in [-0.2, 0) is 14.3 Å². The number of ether oxygens (including phenoxy) is 1. The molecule has 1 aromatic carbocycles. The van der Waals surface area contributed by atoms with Crippen molar-refractivity contribution in [2.45, 2.75) is 19.3 Å². The smallest absolute Gasteiger partial charge is 0.234 e. The van der Waals surface area contributed by atoms with Crippen LogP contribution in [0.2, 0.25) is 0 Å². The van der Waals surface area contributed by atoms with E-state index in [0.29, 0.717) is 12.2 Å². The summed E-state index contributed by atoms with van der Waals surface area (Å²) in [7, 11) is 1.57. The van der Waals surface area contributed by atoms with Gasteiger partial charge in [-0.2, -0.15) is 0 Å². The van der Waals surface area contributed by atoms with Gasteiger partial charge in [-0.25, -0.2) is 4.39 Å². The Morgan fingerprint density at radius 1 is 1.40 bits per heavy atom. The molecule has 0 radical (unpaired) electrons. The minimum atomic E-state index is -0.654. The molecule has 1 saturated heterocycles. The van der Waals surface area contributed by atoms with Gasteiger partial charge < -0.3 is 4.74 Å². The van der Waals surface area contributed by atoms with Crippen LogP contribution in [0.5, 0.6) is 0 Å². The summed E-state index contributed by atoms with van der Waals surface area (Å²) in [6.45, 7) is 2.34. The zero-order valence-electron chi connectivity index (χ0n) is 11.6. The zero-order chi connectivity index (χ0) is 14.7. The van der Waals surface area contributed by atoms with E-state index < -0.39 is 17.6 Å². The van der Waals surface area contributed by atoms with Gasteiger partial charge in [0, 0.05) is 25.7 Å². The van der Waals surface area contributed by atoms with E-state index in [-0.39, 0.29) is 24.2 Å². The fourth-order valence-corrected chi connectivity index (χ4v) is 2.81. The van der Waals surface area contributed by atoms with Crippen molar-refractivity contribution in [3.8, 4) is 0 Å². The fraction of sp³-hybridized carbons (Fsp3) is 0.467. The van der Waals surface area contributed by atoms with Gasteiger partial charge in [-0.1, -0.05) is 25.1 Å². The van der Waals surface area contributed by atoms with Crippen LogP contribution in [0.3, 0.4) is 0 Å². The third-order valence-corrected chi connectivity index (χ3v) is 3.80. The van der Waals surface area contributed by atoms with Crippen LogP contribution in [0.15, 0.2) is 24.3 Å². The molecule has 108 valence electrons. The number of hydrogen-bond donors (Lipinski definition) is 1. The largest absolute Gasteiger partial charge is 0.384 e. The SMILES string of the molecule is COCC(C)C1CC(=O)NC(=O)C1c1ccccc1F. The van der Waals surface area contributed by atoms with Crippen LogP contribution in [-0.4, -0.2) is 25.5 Å². The summed E-state index contributed by atoms with van der Waals surface area (Å²) in [6, 6.07) is 6.21. The first-order valence-electron chi connectivity index (χ1n) is 6.61. The van der Waals surface area contributed by atoms with Crippen LogP contribution in [0.1, 0.15) is 24.8 Å². The molecule has 2 rings (SSSR count). The summed E-state index contributed by atoms with van der Waals surface area (Å²) in [4.78, 5) is 23.7. The van der Waals surface area contributed by atoms with Gasteiger partial charge >= 0.3 is 0 Å². The van der Waals surface area contributed by atoms with Crippen LogP contribution < -0.4 is 5.32 Å². The standard InChI is InChI=1S/C15H18FNO3/c1-9(8-20-2)11-7-13(18)17-15(19)14(11)10-5-3-4-6-12(10)16/h3-6,9,11,14H,7-8H2,1-2H3,(H,17,18,19). The van der Waals surface area contributed by atoms with Crippen molar-refractivity contribution in [1.82, 2.24) is 5.32 Å². The molecule has 3 atom stereocenters. The molecule has 1 N–H and O–H groups in total. The molecule has 20 heavy (non-hydrogen) atoms. The zero-order valence-corrected chi connectivity index (χ0v) is 11.6. The summed E-state index contributed by atoms with van der Waals surface area (Å²) in [6.07, 6.45) is 0.204. The molecule has 3 unspecified atom stereocenters. The Morgan fingerprint density at radius 2 is 2.10 bits per heavy atom. The molecule has 1 aromatic rings. The molecule has 4 nitrogen and oxygen atoms in total. The maximum atomic E-state index is 14.0. The number of carbonyl (C=O) groups excluding carboxylic acids is 2. The van der Waals surface area contributed by atoms with Crippen LogP contribution in [0.4, 0.5) is 4.39 Å². The third kappa shape index (κ3) is 2.88. The molecule has 2 amide bonds. The molecule has 1 fully saturated rings. The average molecular weight is 279 g/mol. The lowest BCUT2D eigenvalue weighted by Crippen LogP contribution is -2.47. The summed E-state index contributed by atoms with van der Waals surface area (Å²) in [5.41, 5.74) is 0.338. The van der Waals surface area contributed by atoms with Gasteiger partial charge in [-0.15, -0.1) is 0 Å². The fourth-order valence-electron chi connectivity index (χ4n) is 2.81. The molecular weight excluding hydrogens is 261 g/mol. The summed E-state index contributed by atoms with van der Waals surface area (Å²) < 4.78 is 19.1. The Balaban J connectivity index is 2.37. The van der Waals surface area contributed by atoms with Crippen molar-refractivity contribution < 1.29 is 18.7 Å². The first-order valence-corrected chi connectivity index (χ1v) is 6.61. The van der Waals surface area contributed by atoms with E-state index in [9.17, 15) is 14.0 Å². The van der Waals surface area contributed by atoms with Crippen LogP contribution in [0.25, 0.3) is 0 Å². The van der Waals surface area contributed by atoms with Gasteiger partial charge in [0.2, 0.25) is 11.8 Å². The number of halogens is 1. The number of amides is 2. The average Bonchev–Trinajstić information content (AvgIpc) is 2.39. The molecule has 0 aliphatic carbocycles. The van der Waals surface area contributed by atoms with Gasteiger partial charge in [0.15, 0.2) is 0 Å². The molecule has 0 bridgehead atoms. The number of imide groups is 1. The predicted octanol–water partition coefficient (Wildman–Crippen LogP) is 1.85. The number of piperidine rings is 1. The second-order valence-electron chi connectivity index (χ2n) is 5.21. The summed E-state index contributed by atoms with van der Waals surface area (Å²) in [5.74, 6) is -2.08. The molecule has 1 aliphatic heterocycles. The number of benzene rings is 1. The van der Waals surface area contributed by atoms with E-state index in [1.165, 1.54) is 6.07 Å². The maximum Gasteiger partial charge on any atom is 0.234 e. The molecule has 0 spiro atoms. The minimum absolute atomic E-state index is 0.0143. The topological polar surface area (TPSA) is 55.4 Å². The summed E-state index contributed by atoms with van der Waals surface area (Å²) >= 11 is 0. The van der Waals surface area contributed by atoms with Gasteiger partial charge in [-0.05, 0) is 17.9 Å². The van der Waals surface area contributed by atoms with Gasteiger partial charge in [0.25, 0.3) is 0 Å². The molecule has 1 aliphatic rings. The van der Waals surface area contributed by atoms with Crippen LogP contribution in [0, 0.1) is 17.7 Å². The minimum Gasteiger partial charge on any atom is -0.384 e. The van der Waals surface area contributed by atoms with Gasteiger partial charge in [-0.3, -0.25) is 14.9 Å². The van der Waals surface area contributed by atoms with Crippen molar-refractivity contribution in [2.75, 3.05) is 13.7 Å². The van der Waals surface area contributed by atoms with E-state index >= 15 is 0 Å². The number of methoxy groups -OCH3 is 1. The Labute approximate surface area is 117 Å². The van der Waals surface area contributed by atoms with Crippen molar-refractivity contribution in [3.05, 3.63) is 35.6 Å². The van der Waals surface area contributed by atoms with Crippen molar-refractivity contribution in [3.63, 3.8) is 0 Å². The Morgan fingerprint density at radius 3 is 2.75 bits per heavy atom. The lowest BCUT2D eigenvalue weighted by atomic mass is 9.74. The van der Waals surface area contributed by atoms with Crippen molar-refractivity contribution >= 4 is 11.8 Å². The summed E-state index contributed by atoms with van der Waals surface area (Å²) in [5, 5.41) is 2.30. The number of hydrogen-bond acceptors (Lipinski definition) is 3. The lowest BCUT2D eigenvalue weighted by molar-refractivity contribution is -0.137. The Kier molecular flexibility index (Phi) is 4.49. The van der Waals surface area contributed by atoms with E-state index in [0.717, 1.165) is 0 Å². The monoisotopic (exact) mass is 279 g/mol.